The molecule has 3 N–H and O–H groups in total. The van der Waals surface area contributed by atoms with E-state index in [1.165, 1.54) is 4.57 Å². The number of hydrogen-bond acceptors (Lipinski definition) is 6. The van der Waals surface area contributed by atoms with Gasteiger partial charge in [0.15, 0.2) is 0 Å². The average Bonchev–Trinajstić information content (AvgIpc) is 3.07. The quantitative estimate of drug-likeness (QED) is 0.195. The van der Waals surface area contributed by atoms with Crippen molar-refractivity contribution in [3.63, 3.8) is 0 Å². The molecule has 5 rings (SSSR count). The Labute approximate surface area is 287 Å². The predicted molar refractivity (Wildman–Crippen MR) is 197 cm³/mol. The van der Waals surface area contributed by atoms with Crippen LogP contribution in [0.15, 0.2) is 90.4 Å². The van der Waals surface area contributed by atoms with Gasteiger partial charge >= 0.3 is 0 Å². The fraction of sp³-hybridized carbons (Fsp3) is 0.282. The van der Waals surface area contributed by atoms with Crippen LogP contribution in [-0.2, 0) is 17.3 Å². The Bertz CT molecular complexity index is 1970. The van der Waals surface area contributed by atoms with Crippen LogP contribution in [0.25, 0.3) is 11.1 Å². The highest BCUT2D eigenvalue weighted by Gasteiger charge is 2.24. The van der Waals surface area contributed by atoms with Crippen LogP contribution in [0.4, 0.5) is 22.7 Å². The fourth-order valence-corrected chi connectivity index (χ4v) is 5.78. The van der Waals surface area contributed by atoms with Crippen LogP contribution in [0, 0.1) is 6.92 Å². The third kappa shape index (κ3) is 7.98. The summed E-state index contributed by atoms with van der Waals surface area (Å²) in [7, 11) is 3.69. The molecule has 1 aliphatic rings. The third-order valence-corrected chi connectivity index (χ3v) is 8.85. The lowest BCUT2D eigenvalue weighted by Gasteiger charge is -2.32. The molecule has 1 aliphatic heterocycles. The van der Waals surface area contributed by atoms with Gasteiger partial charge in [-0.3, -0.25) is 19.2 Å². The van der Waals surface area contributed by atoms with Gasteiger partial charge in [-0.2, -0.15) is 0 Å². The minimum absolute atomic E-state index is 0.0137. The maximum Gasteiger partial charge on any atom is 0.274 e. The van der Waals surface area contributed by atoms with Gasteiger partial charge in [-0.15, -0.1) is 0 Å². The van der Waals surface area contributed by atoms with Gasteiger partial charge < -0.3 is 30.3 Å². The summed E-state index contributed by atoms with van der Waals surface area (Å²) in [6.45, 7) is 14.6. The number of pyridine rings is 1. The van der Waals surface area contributed by atoms with Crippen molar-refractivity contribution in [2.45, 2.75) is 33.1 Å². The summed E-state index contributed by atoms with van der Waals surface area (Å²) >= 11 is 0. The molecule has 1 saturated heterocycles. The SMILES string of the molecule is C=CC(=O)Nc1cc(Nc2cc(-c3cccc(NC(=O)c4ccc(C(C)(C)C)cc4)c3C)cn(C)c2=O)ccc1C(=O)N1CCN(C)CC1. The Morgan fingerprint density at radius 3 is 2.18 bits per heavy atom. The van der Waals surface area contributed by atoms with Gasteiger partial charge in [0.1, 0.15) is 5.69 Å². The molecule has 3 amide bonds. The summed E-state index contributed by atoms with van der Waals surface area (Å²) in [4.78, 5) is 56.2. The lowest BCUT2D eigenvalue weighted by atomic mass is 9.86. The molecular formula is C39H44N6O4. The number of nitrogens with zero attached hydrogens (tertiary/aromatic N) is 3. The van der Waals surface area contributed by atoms with Crippen molar-refractivity contribution in [1.29, 1.82) is 0 Å². The van der Waals surface area contributed by atoms with E-state index in [0.717, 1.165) is 41.4 Å². The number of carbonyl (C=O) groups is 3. The first-order valence-electron chi connectivity index (χ1n) is 16.3. The van der Waals surface area contributed by atoms with E-state index in [0.29, 0.717) is 47.0 Å². The number of nitrogens with one attached hydrogen (secondary N) is 3. The Morgan fingerprint density at radius 2 is 1.53 bits per heavy atom. The van der Waals surface area contributed by atoms with E-state index in [9.17, 15) is 19.2 Å². The molecule has 3 aromatic carbocycles. The predicted octanol–water partition coefficient (Wildman–Crippen LogP) is 6.17. The molecular weight excluding hydrogens is 616 g/mol. The minimum atomic E-state index is -0.452. The standard InChI is InChI=1S/C39H44N6O4/c1-8-35(46)41-33-23-29(16-17-31(33)37(48)45-20-18-43(6)19-21-45)40-34-22-27(24-44(7)38(34)49)30-10-9-11-32(25(30)2)42-36(47)26-12-14-28(15-13-26)39(3,4)5/h8-17,22-24,40H,1,18-21H2,2-7H3,(H,41,46)(H,42,47). The van der Waals surface area contributed by atoms with Crippen molar-refractivity contribution in [2.24, 2.45) is 7.05 Å². The van der Waals surface area contributed by atoms with E-state index in [2.05, 4.69) is 48.2 Å². The van der Waals surface area contributed by atoms with Gasteiger partial charge in [0.25, 0.3) is 17.4 Å². The largest absolute Gasteiger partial charge is 0.351 e. The van der Waals surface area contributed by atoms with Crippen LogP contribution in [0.5, 0.6) is 0 Å². The number of aromatic nitrogens is 1. The number of aryl methyl sites for hydroxylation is 1. The molecule has 4 aromatic rings. The second kappa shape index (κ2) is 14.3. The molecule has 1 aromatic heterocycles. The summed E-state index contributed by atoms with van der Waals surface area (Å²) in [6.07, 6.45) is 2.89. The van der Waals surface area contributed by atoms with E-state index in [-0.39, 0.29) is 22.8 Å². The van der Waals surface area contributed by atoms with Gasteiger partial charge in [-0.25, -0.2) is 0 Å². The summed E-state index contributed by atoms with van der Waals surface area (Å²) in [5.74, 6) is -0.842. The van der Waals surface area contributed by atoms with Gasteiger partial charge in [0.05, 0.1) is 11.3 Å². The normalized spacial score (nSPS) is 13.5. The van der Waals surface area contributed by atoms with Crippen LogP contribution in [-0.4, -0.2) is 65.3 Å². The minimum Gasteiger partial charge on any atom is -0.351 e. The molecule has 10 nitrogen and oxygen atoms in total. The summed E-state index contributed by atoms with van der Waals surface area (Å²) in [5, 5.41) is 9.00. The highest BCUT2D eigenvalue weighted by molar-refractivity contribution is 6.07. The summed E-state index contributed by atoms with van der Waals surface area (Å²) in [5.41, 5.74) is 6.01. The van der Waals surface area contributed by atoms with Crippen molar-refractivity contribution in [1.82, 2.24) is 14.4 Å². The van der Waals surface area contributed by atoms with Crippen LogP contribution in [0.3, 0.4) is 0 Å². The zero-order valence-corrected chi connectivity index (χ0v) is 29.0. The lowest BCUT2D eigenvalue weighted by molar-refractivity contribution is -0.111. The number of hydrogen-bond donors (Lipinski definition) is 3. The van der Waals surface area contributed by atoms with Crippen molar-refractivity contribution >= 4 is 40.5 Å². The highest BCUT2D eigenvalue weighted by atomic mass is 16.2. The van der Waals surface area contributed by atoms with E-state index < -0.39 is 5.91 Å². The van der Waals surface area contributed by atoms with Crippen LogP contribution in [0.1, 0.15) is 52.6 Å². The molecule has 254 valence electrons. The molecule has 10 heteroatoms. The van der Waals surface area contributed by atoms with Crippen molar-refractivity contribution in [2.75, 3.05) is 49.2 Å². The number of benzene rings is 3. The second-order valence-corrected chi connectivity index (χ2v) is 13.5. The number of likely N-dealkylation sites (N-methyl/N-ethyl adjacent to an activating group) is 1. The molecule has 0 spiro atoms. The molecule has 0 aliphatic carbocycles. The zero-order chi connectivity index (χ0) is 35.5. The van der Waals surface area contributed by atoms with Gasteiger partial charge in [0.2, 0.25) is 5.91 Å². The Balaban J connectivity index is 1.42. The van der Waals surface area contributed by atoms with Crippen molar-refractivity contribution in [3.8, 4) is 11.1 Å². The zero-order valence-electron chi connectivity index (χ0n) is 29.0. The van der Waals surface area contributed by atoms with E-state index in [1.54, 1.807) is 42.4 Å². The van der Waals surface area contributed by atoms with Gasteiger partial charge in [-0.1, -0.05) is 51.6 Å². The van der Waals surface area contributed by atoms with E-state index in [1.807, 2.05) is 56.4 Å². The molecule has 2 heterocycles. The fourth-order valence-electron chi connectivity index (χ4n) is 5.78. The molecule has 49 heavy (non-hydrogen) atoms. The highest BCUT2D eigenvalue weighted by Crippen LogP contribution is 2.31. The summed E-state index contributed by atoms with van der Waals surface area (Å²) in [6, 6.07) is 20.1. The molecule has 0 atom stereocenters. The maximum absolute atomic E-state index is 13.5. The Morgan fingerprint density at radius 1 is 0.837 bits per heavy atom. The van der Waals surface area contributed by atoms with Crippen molar-refractivity contribution < 1.29 is 14.4 Å². The molecule has 0 saturated carbocycles. The molecule has 1 fully saturated rings. The first-order chi connectivity index (χ1) is 23.2. The molecule has 0 bridgehead atoms. The maximum atomic E-state index is 13.5. The van der Waals surface area contributed by atoms with Gasteiger partial charge in [0, 0.05) is 61.9 Å². The van der Waals surface area contributed by atoms with E-state index in [4.69, 9.17) is 0 Å². The molecule has 0 radical (unpaired) electrons. The average molecular weight is 661 g/mol. The second-order valence-electron chi connectivity index (χ2n) is 13.5. The third-order valence-electron chi connectivity index (χ3n) is 8.85. The van der Waals surface area contributed by atoms with Crippen LogP contribution in [0.2, 0.25) is 0 Å². The Hall–Kier alpha value is -5.48. The topological polar surface area (TPSA) is 116 Å². The van der Waals surface area contributed by atoms with Crippen LogP contribution < -0.4 is 21.5 Å². The lowest BCUT2D eigenvalue weighted by Crippen LogP contribution is -2.47. The smallest absolute Gasteiger partial charge is 0.274 e. The summed E-state index contributed by atoms with van der Waals surface area (Å²) < 4.78 is 1.49. The Kier molecular flexibility index (Phi) is 10.2. The first-order valence-corrected chi connectivity index (χ1v) is 16.3. The monoisotopic (exact) mass is 660 g/mol. The van der Waals surface area contributed by atoms with E-state index >= 15 is 0 Å². The number of anilines is 4. The molecule has 0 unspecified atom stereocenters. The van der Waals surface area contributed by atoms with Gasteiger partial charge in [-0.05, 0) is 84.6 Å². The van der Waals surface area contributed by atoms with Crippen LogP contribution >= 0.6 is 0 Å². The first kappa shape index (κ1) is 34.8. The number of amides is 3. The number of carbonyl (C=O) groups excluding carboxylic acids is 3. The van der Waals surface area contributed by atoms with Crippen molar-refractivity contribution in [3.05, 3.63) is 118 Å². The number of rotatable bonds is 8. The number of piperazine rings is 1.